The first kappa shape index (κ1) is 17.0. The molecule has 0 aliphatic heterocycles. The van der Waals surface area contributed by atoms with Gasteiger partial charge in [0.2, 0.25) is 0 Å². The molecule has 0 saturated heterocycles. The van der Waals surface area contributed by atoms with Crippen LogP contribution in [0.1, 0.15) is 29.1 Å². The van der Waals surface area contributed by atoms with Crippen LogP contribution < -0.4 is 0 Å². The fraction of sp³-hybridized carbons (Fsp3) is 0.136. The van der Waals surface area contributed by atoms with Crippen LogP contribution in [0.2, 0.25) is 0 Å². The summed E-state index contributed by atoms with van der Waals surface area (Å²) < 4.78 is 7.11. The molecule has 2 aromatic carbocycles. The van der Waals surface area contributed by atoms with Crippen LogP contribution in [0.15, 0.2) is 77.5 Å². The van der Waals surface area contributed by atoms with Crippen LogP contribution in [-0.2, 0) is 10.3 Å². The van der Waals surface area contributed by atoms with Crippen LogP contribution in [0.5, 0.6) is 0 Å². The average molecular weight is 380 g/mol. The van der Waals surface area contributed by atoms with Gasteiger partial charge < -0.3 is 4.74 Å². The summed E-state index contributed by atoms with van der Waals surface area (Å²) in [4.78, 5) is 14.9. The van der Waals surface area contributed by atoms with E-state index in [1.54, 1.807) is 11.3 Å². The number of hydrogen-bond donors (Lipinski definition) is 0. The molecule has 4 rings (SSSR count). The summed E-state index contributed by atoms with van der Waals surface area (Å²) >= 11 is 1.60. The van der Waals surface area contributed by atoms with E-state index in [2.05, 4.69) is 41.8 Å². The van der Waals surface area contributed by atoms with Gasteiger partial charge in [0.25, 0.3) is 0 Å². The first-order valence-corrected chi connectivity index (χ1v) is 10.6. The Morgan fingerprint density at radius 1 is 1.00 bits per heavy atom. The van der Waals surface area contributed by atoms with Crippen molar-refractivity contribution >= 4 is 37.9 Å². The van der Waals surface area contributed by atoms with E-state index in [1.165, 1.54) is 10.1 Å². The topological polar surface area (TPSA) is 26.3 Å². The highest BCUT2D eigenvalue weighted by Gasteiger charge is 2.27. The monoisotopic (exact) mass is 379 g/mol. The third-order valence-electron chi connectivity index (χ3n) is 4.33. The Morgan fingerprint density at radius 3 is 2.65 bits per heavy atom. The molecule has 4 heteroatoms. The van der Waals surface area contributed by atoms with Crippen LogP contribution in [0.25, 0.3) is 15.0 Å². The molecule has 1 unspecified atom stereocenters. The Morgan fingerprint density at radius 2 is 1.85 bits per heavy atom. The highest BCUT2D eigenvalue weighted by atomic mass is 32.2. The molecular weight excluding hydrogens is 360 g/mol. The molecule has 2 heterocycles. The van der Waals surface area contributed by atoms with Crippen molar-refractivity contribution in [3.8, 4) is 4.90 Å². The molecule has 0 saturated carbocycles. The van der Waals surface area contributed by atoms with E-state index >= 15 is 0 Å². The molecule has 4 aromatic rings. The highest BCUT2D eigenvalue weighted by Crippen LogP contribution is 2.40. The highest BCUT2D eigenvalue weighted by molar-refractivity contribution is 7.43. The standard InChI is InChI=1S/C22H19O2S2/c1-22(2,20-11-6-13-25-20)24-21(23)17-8-5-9-18(15-17)26-14-12-16-7-3-4-10-19(16)26/h3-15H,1-2H3/q+1. The maximum Gasteiger partial charge on any atom is 0.339 e. The van der Waals surface area contributed by atoms with Gasteiger partial charge in [0, 0.05) is 32.9 Å². The summed E-state index contributed by atoms with van der Waals surface area (Å²) in [6.07, 6.45) is 0. The zero-order valence-electron chi connectivity index (χ0n) is 14.6. The zero-order valence-corrected chi connectivity index (χ0v) is 16.3. The number of hydrogen-bond acceptors (Lipinski definition) is 3. The lowest BCUT2D eigenvalue weighted by molar-refractivity contribution is -0.00155. The lowest BCUT2D eigenvalue weighted by atomic mass is 10.1. The molecule has 0 aliphatic carbocycles. The molecule has 130 valence electrons. The molecule has 0 N–H and O–H groups in total. The van der Waals surface area contributed by atoms with Crippen molar-refractivity contribution in [2.45, 2.75) is 19.4 Å². The lowest BCUT2D eigenvalue weighted by Gasteiger charge is -2.23. The van der Waals surface area contributed by atoms with Gasteiger partial charge in [-0.15, -0.1) is 11.3 Å². The molecular formula is C22H19O2S2+. The number of carbonyl (C=O) groups is 1. The minimum Gasteiger partial charge on any atom is -0.450 e. The molecule has 0 radical (unpaired) electrons. The number of ether oxygens (including phenoxy) is 1. The fourth-order valence-corrected chi connectivity index (χ4v) is 5.68. The van der Waals surface area contributed by atoms with Crippen LogP contribution in [0.4, 0.5) is 0 Å². The predicted molar refractivity (Wildman–Crippen MR) is 111 cm³/mol. The van der Waals surface area contributed by atoms with Gasteiger partial charge >= 0.3 is 5.97 Å². The van der Waals surface area contributed by atoms with Crippen molar-refractivity contribution in [2.24, 2.45) is 0 Å². The Kier molecular flexibility index (Phi) is 4.39. The Labute approximate surface area is 159 Å². The first-order valence-electron chi connectivity index (χ1n) is 8.42. The summed E-state index contributed by atoms with van der Waals surface area (Å²) in [6, 6.07) is 22.3. The number of thiophene rings is 2. The molecule has 1 atom stereocenters. The van der Waals surface area contributed by atoms with Gasteiger partial charge in [-0.3, -0.25) is 0 Å². The number of benzene rings is 2. The second-order valence-corrected chi connectivity index (χ2v) is 9.39. The van der Waals surface area contributed by atoms with Gasteiger partial charge in [0.1, 0.15) is 11.0 Å². The maximum absolute atomic E-state index is 12.7. The van der Waals surface area contributed by atoms with E-state index in [1.807, 2.05) is 49.6 Å². The van der Waals surface area contributed by atoms with Crippen molar-refractivity contribution in [3.63, 3.8) is 0 Å². The van der Waals surface area contributed by atoms with E-state index < -0.39 is 5.60 Å². The Balaban J connectivity index is 1.64. The molecule has 2 nitrogen and oxygen atoms in total. The molecule has 0 aliphatic rings. The maximum atomic E-state index is 12.7. The predicted octanol–water partition coefficient (Wildman–Crippen LogP) is 6.73. The number of fused-ring (bicyclic) bond motifs is 1. The van der Waals surface area contributed by atoms with Crippen molar-refractivity contribution < 1.29 is 9.53 Å². The minimum atomic E-state index is -0.636. The summed E-state index contributed by atoms with van der Waals surface area (Å²) in [5.41, 5.74) is -0.0407. The molecule has 26 heavy (non-hydrogen) atoms. The van der Waals surface area contributed by atoms with E-state index in [9.17, 15) is 4.79 Å². The van der Waals surface area contributed by atoms with Crippen LogP contribution in [-0.4, -0.2) is 5.97 Å². The number of rotatable bonds is 4. The van der Waals surface area contributed by atoms with Gasteiger partial charge in [-0.25, -0.2) is 4.79 Å². The van der Waals surface area contributed by atoms with Crippen LogP contribution in [0.3, 0.4) is 0 Å². The molecule has 2 aromatic heterocycles. The number of esters is 1. The normalized spacial score (nSPS) is 12.3. The molecule has 0 fully saturated rings. The van der Waals surface area contributed by atoms with E-state index in [0.717, 1.165) is 9.77 Å². The van der Waals surface area contributed by atoms with Crippen LogP contribution in [0, 0.1) is 0 Å². The van der Waals surface area contributed by atoms with Gasteiger partial charge in [-0.2, -0.15) is 0 Å². The van der Waals surface area contributed by atoms with E-state index in [-0.39, 0.29) is 16.4 Å². The Bertz CT molecular complexity index is 1060. The number of carbonyl (C=O) groups excluding carboxylic acids is 1. The van der Waals surface area contributed by atoms with Gasteiger partial charge in [0.05, 0.1) is 5.56 Å². The molecule has 0 spiro atoms. The second-order valence-electron chi connectivity index (χ2n) is 6.58. The van der Waals surface area contributed by atoms with E-state index in [0.29, 0.717) is 5.56 Å². The summed E-state index contributed by atoms with van der Waals surface area (Å²) in [7, 11) is -0.131. The fourth-order valence-electron chi connectivity index (χ4n) is 2.96. The van der Waals surface area contributed by atoms with Crippen LogP contribution >= 0.6 is 21.8 Å². The van der Waals surface area contributed by atoms with Crippen molar-refractivity contribution in [1.29, 1.82) is 0 Å². The quantitative estimate of drug-likeness (QED) is 0.290. The third kappa shape index (κ3) is 3.18. The largest absolute Gasteiger partial charge is 0.450 e. The zero-order chi connectivity index (χ0) is 18.1. The lowest BCUT2D eigenvalue weighted by Crippen LogP contribution is -2.24. The van der Waals surface area contributed by atoms with Crippen molar-refractivity contribution in [1.82, 2.24) is 0 Å². The summed E-state index contributed by atoms with van der Waals surface area (Å²) in [5.74, 6) is -0.287. The smallest absolute Gasteiger partial charge is 0.339 e. The van der Waals surface area contributed by atoms with Gasteiger partial charge in [0.15, 0.2) is 9.60 Å². The van der Waals surface area contributed by atoms with Crippen molar-refractivity contribution in [2.75, 3.05) is 0 Å². The Hall–Kier alpha value is -2.43. The summed E-state index contributed by atoms with van der Waals surface area (Å²) in [5, 5.41) is 5.46. The minimum absolute atomic E-state index is 0.131. The van der Waals surface area contributed by atoms with Gasteiger partial charge in [-0.1, -0.05) is 24.3 Å². The average Bonchev–Trinajstić information content (AvgIpc) is 3.32. The SMILES string of the molecule is CC(C)(OC(=O)c1cccc(-[s+]2ccc3ccccc32)c1)c1cccs1. The second kappa shape index (κ2) is 6.71. The van der Waals surface area contributed by atoms with Crippen molar-refractivity contribution in [3.05, 3.63) is 87.9 Å². The third-order valence-corrected chi connectivity index (χ3v) is 7.52. The molecule has 0 bridgehead atoms. The molecule has 0 amide bonds. The first-order chi connectivity index (χ1) is 12.5. The van der Waals surface area contributed by atoms with Gasteiger partial charge in [-0.05, 0) is 49.6 Å². The van der Waals surface area contributed by atoms with E-state index in [4.69, 9.17) is 4.74 Å². The summed E-state index contributed by atoms with van der Waals surface area (Å²) in [6.45, 7) is 3.86.